The molecule has 2 N–H and O–H groups in total. The SMILES string of the molecule is C=CCNC(=C[N+](=O)[O-])NCCSCc1csc(CCN(C)C)n1. The quantitative estimate of drug-likeness (QED) is 0.237. The Bertz CT molecular complexity index is 546. The van der Waals surface area contributed by atoms with E-state index in [1.807, 2.05) is 0 Å². The van der Waals surface area contributed by atoms with E-state index < -0.39 is 4.92 Å². The van der Waals surface area contributed by atoms with Crippen LogP contribution in [0.1, 0.15) is 10.7 Å². The third-order valence-corrected chi connectivity index (χ3v) is 4.81. The fourth-order valence-electron chi connectivity index (χ4n) is 1.73. The van der Waals surface area contributed by atoms with Gasteiger partial charge < -0.3 is 15.5 Å². The zero-order valence-electron chi connectivity index (χ0n) is 14.2. The van der Waals surface area contributed by atoms with Crippen LogP contribution in [0, 0.1) is 10.1 Å². The van der Waals surface area contributed by atoms with Crippen molar-refractivity contribution in [1.82, 2.24) is 20.5 Å². The number of nitrogens with one attached hydrogen (secondary N) is 2. The highest BCUT2D eigenvalue weighted by Crippen LogP contribution is 2.16. The van der Waals surface area contributed by atoms with Gasteiger partial charge in [-0.2, -0.15) is 11.8 Å². The minimum absolute atomic E-state index is 0.403. The van der Waals surface area contributed by atoms with E-state index >= 15 is 0 Å². The monoisotopic (exact) mass is 371 g/mol. The van der Waals surface area contributed by atoms with Gasteiger partial charge in [0.2, 0.25) is 0 Å². The standard InChI is InChI=1S/C15H25N5O2S2/c1-4-6-16-14(10-20(21)22)17-7-9-23-11-13-12-24-15(18-13)5-8-19(2)3/h4,10,12,16-17H,1,5-9,11H2,2-3H3. The average molecular weight is 372 g/mol. The second kappa shape index (κ2) is 11.9. The molecule has 0 aromatic carbocycles. The first-order valence-corrected chi connectivity index (χ1v) is 9.64. The summed E-state index contributed by atoms with van der Waals surface area (Å²) < 4.78 is 0. The third kappa shape index (κ3) is 9.53. The molecule has 0 unspecified atom stereocenters. The number of nitrogens with zero attached hydrogens (tertiary/aromatic N) is 3. The van der Waals surface area contributed by atoms with Crippen LogP contribution in [0.15, 0.2) is 30.1 Å². The van der Waals surface area contributed by atoms with Crippen LogP contribution in [-0.2, 0) is 12.2 Å². The van der Waals surface area contributed by atoms with Gasteiger partial charge in [-0.25, -0.2) is 4.98 Å². The van der Waals surface area contributed by atoms with Gasteiger partial charge in [0, 0.05) is 42.9 Å². The highest BCUT2D eigenvalue weighted by Gasteiger charge is 2.04. The first-order valence-electron chi connectivity index (χ1n) is 7.61. The van der Waals surface area contributed by atoms with Crippen molar-refractivity contribution >= 4 is 23.1 Å². The molecule has 24 heavy (non-hydrogen) atoms. The molecule has 1 heterocycles. The number of nitro groups is 1. The summed E-state index contributed by atoms with van der Waals surface area (Å²) >= 11 is 3.46. The summed E-state index contributed by atoms with van der Waals surface area (Å²) in [4.78, 5) is 16.8. The van der Waals surface area contributed by atoms with Crippen molar-refractivity contribution in [2.24, 2.45) is 0 Å². The van der Waals surface area contributed by atoms with Gasteiger partial charge in [-0.1, -0.05) is 6.08 Å². The van der Waals surface area contributed by atoms with Crippen molar-refractivity contribution in [3.05, 3.63) is 50.9 Å². The second-order valence-electron chi connectivity index (χ2n) is 5.26. The largest absolute Gasteiger partial charge is 0.366 e. The normalized spacial score (nSPS) is 11.5. The predicted octanol–water partition coefficient (Wildman–Crippen LogP) is 1.92. The van der Waals surface area contributed by atoms with Gasteiger partial charge in [-0.05, 0) is 14.1 Å². The van der Waals surface area contributed by atoms with Crippen LogP contribution in [-0.4, -0.2) is 54.3 Å². The Labute approximate surface area is 151 Å². The van der Waals surface area contributed by atoms with Crippen LogP contribution in [0.3, 0.4) is 0 Å². The minimum atomic E-state index is -0.476. The van der Waals surface area contributed by atoms with Gasteiger partial charge in [0.1, 0.15) is 0 Å². The molecule has 0 aliphatic rings. The molecule has 0 bridgehead atoms. The lowest BCUT2D eigenvalue weighted by Gasteiger charge is -2.09. The zero-order chi connectivity index (χ0) is 17.8. The summed E-state index contributed by atoms with van der Waals surface area (Å²) in [6, 6.07) is 0. The fraction of sp³-hybridized carbons (Fsp3) is 0.533. The summed E-state index contributed by atoms with van der Waals surface area (Å²) in [7, 11) is 4.12. The summed E-state index contributed by atoms with van der Waals surface area (Å²) in [5.74, 6) is 2.10. The molecule has 0 aliphatic heterocycles. The zero-order valence-corrected chi connectivity index (χ0v) is 15.8. The third-order valence-electron chi connectivity index (χ3n) is 2.86. The molecule has 0 aliphatic carbocycles. The van der Waals surface area contributed by atoms with Crippen molar-refractivity contribution < 1.29 is 4.92 Å². The molecule has 0 saturated carbocycles. The Morgan fingerprint density at radius 1 is 1.54 bits per heavy atom. The Kier molecular flexibility index (Phi) is 10.1. The van der Waals surface area contributed by atoms with E-state index in [-0.39, 0.29) is 0 Å². The van der Waals surface area contributed by atoms with Crippen molar-refractivity contribution in [2.45, 2.75) is 12.2 Å². The number of thiazole rings is 1. The van der Waals surface area contributed by atoms with Gasteiger partial charge in [0.15, 0.2) is 5.82 Å². The molecule has 9 heteroatoms. The Morgan fingerprint density at radius 3 is 3.00 bits per heavy atom. The highest BCUT2D eigenvalue weighted by atomic mass is 32.2. The number of likely N-dealkylation sites (N-methyl/N-ethyl adjacent to an activating group) is 1. The van der Waals surface area contributed by atoms with Crippen molar-refractivity contribution in [1.29, 1.82) is 0 Å². The Hall–Kier alpha value is -1.58. The molecule has 1 aromatic heterocycles. The predicted molar refractivity (Wildman–Crippen MR) is 102 cm³/mol. The molecule has 0 radical (unpaired) electrons. The highest BCUT2D eigenvalue weighted by molar-refractivity contribution is 7.98. The lowest BCUT2D eigenvalue weighted by molar-refractivity contribution is -0.404. The molecule has 134 valence electrons. The topological polar surface area (TPSA) is 83.3 Å². The fourth-order valence-corrected chi connectivity index (χ4v) is 3.37. The maximum absolute atomic E-state index is 10.6. The van der Waals surface area contributed by atoms with E-state index in [0.29, 0.717) is 18.9 Å². The van der Waals surface area contributed by atoms with Crippen LogP contribution >= 0.6 is 23.1 Å². The molecular weight excluding hydrogens is 346 g/mol. The van der Waals surface area contributed by atoms with Gasteiger partial charge in [0.25, 0.3) is 6.20 Å². The average Bonchev–Trinajstić information content (AvgIpc) is 2.97. The minimum Gasteiger partial charge on any atom is -0.366 e. The van der Waals surface area contributed by atoms with Crippen LogP contribution < -0.4 is 10.6 Å². The molecule has 1 rings (SSSR count). The maximum atomic E-state index is 10.6. The summed E-state index contributed by atoms with van der Waals surface area (Å²) in [6.45, 7) is 5.71. The Balaban J connectivity index is 2.25. The first-order chi connectivity index (χ1) is 11.5. The molecule has 0 amide bonds. The molecule has 0 atom stereocenters. The Morgan fingerprint density at radius 2 is 2.33 bits per heavy atom. The molecule has 1 aromatic rings. The van der Waals surface area contributed by atoms with Crippen LogP contribution in [0.2, 0.25) is 0 Å². The number of thioether (sulfide) groups is 1. The van der Waals surface area contributed by atoms with E-state index in [4.69, 9.17) is 0 Å². The molecule has 0 saturated heterocycles. The van der Waals surface area contributed by atoms with Gasteiger partial charge >= 0.3 is 0 Å². The van der Waals surface area contributed by atoms with E-state index in [1.54, 1.807) is 29.2 Å². The number of aromatic nitrogens is 1. The van der Waals surface area contributed by atoms with Crippen LogP contribution in [0.5, 0.6) is 0 Å². The van der Waals surface area contributed by atoms with Crippen LogP contribution in [0.25, 0.3) is 0 Å². The van der Waals surface area contributed by atoms with E-state index in [0.717, 1.165) is 36.4 Å². The number of rotatable bonds is 13. The molecular formula is C15H25N5O2S2. The lowest BCUT2D eigenvalue weighted by atomic mass is 10.4. The van der Waals surface area contributed by atoms with Crippen LogP contribution in [0.4, 0.5) is 0 Å². The van der Waals surface area contributed by atoms with Gasteiger partial charge in [-0.15, -0.1) is 17.9 Å². The first kappa shape index (κ1) is 20.5. The summed E-state index contributed by atoms with van der Waals surface area (Å²) in [5, 5.41) is 19.8. The van der Waals surface area contributed by atoms with E-state index in [9.17, 15) is 10.1 Å². The van der Waals surface area contributed by atoms with Gasteiger partial charge in [0.05, 0.1) is 15.6 Å². The van der Waals surface area contributed by atoms with E-state index in [1.165, 1.54) is 5.01 Å². The maximum Gasteiger partial charge on any atom is 0.274 e. The molecule has 7 nitrogen and oxygen atoms in total. The summed E-state index contributed by atoms with van der Waals surface area (Å²) in [6.07, 6.45) is 3.57. The molecule has 0 fully saturated rings. The lowest BCUT2D eigenvalue weighted by Crippen LogP contribution is -2.29. The smallest absolute Gasteiger partial charge is 0.274 e. The number of hydrogen-bond donors (Lipinski definition) is 2. The van der Waals surface area contributed by atoms with E-state index in [2.05, 4.69) is 46.6 Å². The van der Waals surface area contributed by atoms with Gasteiger partial charge in [-0.3, -0.25) is 10.1 Å². The second-order valence-corrected chi connectivity index (χ2v) is 7.31. The molecule has 0 spiro atoms. The van der Waals surface area contributed by atoms with Crippen molar-refractivity contribution in [3.8, 4) is 0 Å². The van der Waals surface area contributed by atoms with Crippen molar-refractivity contribution in [3.63, 3.8) is 0 Å². The summed E-state index contributed by atoms with van der Waals surface area (Å²) in [5.41, 5.74) is 1.10. The number of hydrogen-bond acceptors (Lipinski definition) is 8. The van der Waals surface area contributed by atoms with Crippen molar-refractivity contribution in [2.75, 3.05) is 39.5 Å².